The lowest BCUT2D eigenvalue weighted by molar-refractivity contribution is -0.384. The summed E-state index contributed by atoms with van der Waals surface area (Å²) in [5, 5.41) is 13.6. The molecule has 0 aromatic heterocycles. The number of nitrogens with zero attached hydrogens (tertiary/aromatic N) is 3. The molecule has 31 heavy (non-hydrogen) atoms. The molecule has 166 valence electrons. The van der Waals surface area contributed by atoms with Crippen LogP contribution in [0.2, 0.25) is 0 Å². The summed E-state index contributed by atoms with van der Waals surface area (Å²) in [6.07, 6.45) is -0.861. The number of carbonyl (C=O) groups is 2. The molecule has 0 radical (unpaired) electrons. The highest BCUT2D eigenvalue weighted by Crippen LogP contribution is 2.22. The predicted molar refractivity (Wildman–Crippen MR) is 118 cm³/mol. The molecule has 2 rings (SSSR count). The van der Waals surface area contributed by atoms with Gasteiger partial charge in [0.1, 0.15) is 6.10 Å². The van der Waals surface area contributed by atoms with Crippen LogP contribution in [0.3, 0.4) is 0 Å². The number of ether oxygens (including phenoxy) is 1. The number of nitro groups is 1. The van der Waals surface area contributed by atoms with E-state index in [1.165, 1.54) is 17.0 Å². The lowest BCUT2D eigenvalue weighted by Crippen LogP contribution is -2.32. The SMILES string of the molecule is CC(OC(=O)N(C)c1ccc(CC(=O)NCCN(C)C)cc1)c1ccc([N+](=O)[O-])cc1. The molecule has 0 fully saturated rings. The van der Waals surface area contributed by atoms with E-state index in [9.17, 15) is 19.7 Å². The Morgan fingerprint density at radius 1 is 1.06 bits per heavy atom. The van der Waals surface area contributed by atoms with E-state index in [4.69, 9.17) is 4.74 Å². The average Bonchev–Trinajstić information content (AvgIpc) is 2.73. The van der Waals surface area contributed by atoms with Gasteiger partial charge in [-0.2, -0.15) is 0 Å². The fraction of sp³-hybridized carbons (Fsp3) is 0.364. The van der Waals surface area contributed by atoms with Gasteiger partial charge in [0.25, 0.3) is 5.69 Å². The second-order valence-corrected chi connectivity index (χ2v) is 7.43. The normalized spacial score (nSPS) is 11.6. The maximum absolute atomic E-state index is 12.5. The van der Waals surface area contributed by atoms with Crippen LogP contribution in [-0.2, 0) is 16.0 Å². The molecule has 0 bridgehead atoms. The highest BCUT2D eigenvalue weighted by Gasteiger charge is 2.18. The fourth-order valence-corrected chi connectivity index (χ4v) is 2.78. The van der Waals surface area contributed by atoms with Gasteiger partial charge in [-0.1, -0.05) is 12.1 Å². The number of carbonyl (C=O) groups excluding carboxylic acids is 2. The summed E-state index contributed by atoms with van der Waals surface area (Å²) in [6.45, 7) is 3.06. The number of likely N-dealkylation sites (N-methyl/N-ethyl adjacent to an activating group) is 1. The molecule has 1 atom stereocenters. The Morgan fingerprint density at radius 2 is 1.68 bits per heavy atom. The number of amides is 2. The molecule has 9 heteroatoms. The zero-order chi connectivity index (χ0) is 23.0. The zero-order valence-corrected chi connectivity index (χ0v) is 18.2. The third-order valence-corrected chi connectivity index (χ3v) is 4.69. The number of anilines is 1. The van der Waals surface area contributed by atoms with E-state index >= 15 is 0 Å². The van der Waals surface area contributed by atoms with Crippen LogP contribution >= 0.6 is 0 Å². The van der Waals surface area contributed by atoms with Crippen LogP contribution in [0.4, 0.5) is 16.2 Å². The fourth-order valence-electron chi connectivity index (χ4n) is 2.78. The van der Waals surface area contributed by atoms with Crippen molar-refractivity contribution in [2.45, 2.75) is 19.4 Å². The molecule has 1 N–H and O–H groups in total. The number of hydrogen-bond donors (Lipinski definition) is 1. The van der Waals surface area contributed by atoms with Crippen molar-refractivity contribution in [1.82, 2.24) is 10.2 Å². The minimum Gasteiger partial charge on any atom is -0.441 e. The van der Waals surface area contributed by atoms with Crippen molar-refractivity contribution in [2.75, 3.05) is 39.1 Å². The molecule has 0 saturated carbocycles. The Kier molecular flexibility index (Phi) is 8.51. The topological polar surface area (TPSA) is 105 Å². The van der Waals surface area contributed by atoms with Crippen molar-refractivity contribution < 1.29 is 19.2 Å². The van der Waals surface area contributed by atoms with Gasteiger partial charge in [0.05, 0.1) is 11.3 Å². The first-order chi connectivity index (χ1) is 14.7. The minimum atomic E-state index is -0.569. The molecule has 2 aromatic carbocycles. The number of rotatable bonds is 9. The van der Waals surface area contributed by atoms with Gasteiger partial charge in [-0.05, 0) is 56.4 Å². The third kappa shape index (κ3) is 7.38. The molecular formula is C22H28N4O5. The maximum Gasteiger partial charge on any atom is 0.414 e. The van der Waals surface area contributed by atoms with Gasteiger partial charge in [-0.25, -0.2) is 4.79 Å². The highest BCUT2D eigenvalue weighted by atomic mass is 16.6. The third-order valence-electron chi connectivity index (χ3n) is 4.69. The lowest BCUT2D eigenvalue weighted by atomic mass is 10.1. The number of hydrogen-bond acceptors (Lipinski definition) is 6. The molecule has 0 aliphatic heterocycles. The van der Waals surface area contributed by atoms with Crippen LogP contribution in [0, 0.1) is 10.1 Å². The largest absolute Gasteiger partial charge is 0.441 e. The Labute approximate surface area is 181 Å². The van der Waals surface area contributed by atoms with Gasteiger partial charge >= 0.3 is 6.09 Å². The summed E-state index contributed by atoms with van der Waals surface area (Å²) in [5.41, 5.74) is 2.10. The van der Waals surface area contributed by atoms with E-state index in [1.807, 2.05) is 19.0 Å². The number of non-ortho nitro benzene ring substituents is 1. The maximum atomic E-state index is 12.5. The highest BCUT2D eigenvalue weighted by molar-refractivity contribution is 5.87. The van der Waals surface area contributed by atoms with Gasteiger partial charge in [0, 0.05) is 38.0 Å². The molecule has 1 unspecified atom stereocenters. The van der Waals surface area contributed by atoms with Crippen molar-refractivity contribution in [2.24, 2.45) is 0 Å². The first-order valence-electron chi connectivity index (χ1n) is 9.86. The molecule has 2 aromatic rings. The van der Waals surface area contributed by atoms with Crippen LogP contribution in [0.25, 0.3) is 0 Å². The predicted octanol–water partition coefficient (Wildman–Crippen LogP) is 3.15. The summed E-state index contributed by atoms with van der Waals surface area (Å²) >= 11 is 0. The molecule has 0 saturated heterocycles. The second-order valence-electron chi connectivity index (χ2n) is 7.43. The van der Waals surface area contributed by atoms with E-state index in [-0.39, 0.29) is 18.0 Å². The van der Waals surface area contributed by atoms with Crippen LogP contribution in [0.15, 0.2) is 48.5 Å². The van der Waals surface area contributed by atoms with Gasteiger partial charge in [-0.3, -0.25) is 19.8 Å². The zero-order valence-electron chi connectivity index (χ0n) is 18.2. The smallest absolute Gasteiger partial charge is 0.414 e. The standard InChI is InChI=1S/C22H28N4O5/c1-16(18-7-11-20(12-8-18)26(29)30)31-22(28)25(4)19-9-5-17(6-10-19)15-21(27)23-13-14-24(2)3/h5-12,16H,13-15H2,1-4H3,(H,23,27). The van der Waals surface area contributed by atoms with Crippen LogP contribution in [0.1, 0.15) is 24.2 Å². The van der Waals surface area contributed by atoms with Gasteiger partial charge in [0.15, 0.2) is 0 Å². The Morgan fingerprint density at radius 3 is 2.23 bits per heavy atom. The number of nitro benzene ring substituents is 1. The second kappa shape index (κ2) is 11.1. The van der Waals surface area contributed by atoms with E-state index < -0.39 is 17.1 Å². The van der Waals surface area contributed by atoms with Crippen LogP contribution < -0.4 is 10.2 Å². The van der Waals surface area contributed by atoms with Crippen LogP contribution in [0.5, 0.6) is 0 Å². The van der Waals surface area contributed by atoms with Gasteiger partial charge in [0.2, 0.25) is 5.91 Å². The Balaban J connectivity index is 1.90. The molecular weight excluding hydrogens is 400 g/mol. The van der Waals surface area contributed by atoms with Gasteiger partial charge in [-0.15, -0.1) is 0 Å². The first-order valence-corrected chi connectivity index (χ1v) is 9.86. The first kappa shape index (κ1) is 23.8. The van der Waals surface area contributed by atoms with Crippen LogP contribution in [-0.4, -0.2) is 56.1 Å². The molecule has 0 aliphatic carbocycles. The summed E-state index contributed by atoms with van der Waals surface area (Å²) in [4.78, 5) is 38.1. The lowest BCUT2D eigenvalue weighted by Gasteiger charge is -2.21. The van der Waals surface area contributed by atoms with Crippen molar-refractivity contribution in [1.29, 1.82) is 0 Å². The summed E-state index contributed by atoms with van der Waals surface area (Å²) in [5.74, 6) is -0.0562. The van der Waals surface area contributed by atoms with Crippen molar-refractivity contribution in [3.63, 3.8) is 0 Å². The molecule has 0 aliphatic rings. The quantitative estimate of drug-likeness (QED) is 0.486. The monoisotopic (exact) mass is 428 g/mol. The molecule has 0 spiro atoms. The summed E-state index contributed by atoms with van der Waals surface area (Å²) in [6, 6.07) is 13.0. The Bertz CT molecular complexity index is 897. The number of nitrogens with one attached hydrogen (secondary N) is 1. The summed E-state index contributed by atoms with van der Waals surface area (Å²) < 4.78 is 5.46. The van der Waals surface area contributed by atoms with Crippen molar-refractivity contribution in [3.05, 3.63) is 69.8 Å². The van der Waals surface area contributed by atoms with E-state index in [2.05, 4.69) is 5.32 Å². The molecule has 9 nitrogen and oxygen atoms in total. The van der Waals surface area contributed by atoms with Crippen molar-refractivity contribution >= 4 is 23.4 Å². The van der Waals surface area contributed by atoms with E-state index in [0.29, 0.717) is 17.8 Å². The van der Waals surface area contributed by atoms with Gasteiger partial charge < -0.3 is 15.0 Å². The van der Waals surface area contributed by atoms with Crippen molar-refractivity contribution in [3.8, 4) is 0 Å². The van der Waals surface area contributed by atoms with E-state index in [1.54, 1.807) is 50.4 Å². The van der Waals surface area contributed by atoms with E-state index in [0.717, 1.165) is 12.1 Å². The minimum absolute atomic E-state index is 0.0223. The molecule has 2 amide bonds. The average molecular weight is 428 g/mol. The Hall–Kier alpha value is -3.46. The summed E-state index contributed by atoms with van der Waals surface area (Å²) in [7, 11) is 5.48. The molecule has 0 heterocycles. The number of benzene rings is 2.